The van der Waals surface area contributed by atoms with Crippen molar-refractivity contribution < 1.29 is 19.4 Å². The molecule has 0 fully saturated rings. The number of aromatic nitrogens is 1. The molecule has 0 aliphatic rings. The largest absolute Gasteiger partial charge is 0.557 e. The van der Waals surface area contributed by atoms with Gasteiger partial charge in [-0.1, -0.05) is 30.3 Å². The van der Waals surface area contributed by atoms with Gasteiger partial charge in [0.25, 0.3) is 5.01 Å². The molecule has 1 heterocycles. The monoisotopic (exact) mass is 371 g/mol. The molecule has 2 N–H and O–H groups in total. The summed E-state index contributed by atoms with van der Waals surface area (Å²) < 4.78 is 10.5. The number of hydrogen-bond donors (Lipinski definition) is 2. The van der Waals surface area contributed by atoms with Crippen molar-refractivity contribution in [2.45, 2.75) is 6.54 Å². The van der Waals surface area contributed by atoms with Crippen molar-refractivity contribution in [3.05, 3.63) is 60.2 Å². The topological polar surface area (TPSA) is 80.7 Å². The zero-order valence-electron chi connectivity index (χ0n) is 14.4. The number of rotatable bonds is 7. The summed E-state index contributed by atoms with van der Waals surface area (Å²) in [7, 11) is 1.77. The number of nitrogens with one attached hydrogen (secondary N) is 1. The summed E-state index contributed by atoms with van der Waals surface area (Å²) in [6.45, 7) is 0.527. The molecule has 0 spiro atoms. The Morgan fingerprint density at radius 1 is 1.08 bits per heavy atom. The van der Waals surface area contributed by atoms with Crippen molar-refractivity contribution in [1.29, 1.82) is 0 Å². The Bertz CT molecular complexity index is 892. The van der Waals surface area contributed by atoms with Gasteiger partial charge in [0, 0.05) is 6.54 Å². The summed E-state index contributed by atoms with van der Waals surface area (Å²) >= 11 is 0. The van der Waals surface area contributed by atoms with Gasteiger partial charge in [0.1, 0.15) is 5.75 Å². The highest BCUT2D eigenvalue weighted by Gasteiger charge is 2.37. The normalized spacial score (nSPS) is 11.1. The van der Waals surface area contributed by atoms with Crippen LogP contribution in [0, 0.1) is 0 Å². The van der Waals surface area contributed by atoms with E-state index in [1.165, 1.54) is 7.11 Å². The van der Waals surface area contributed by atoms with E-state index in [-0.39, 0.29) is 0 Å². The quantitative estimate of drug-likeness (QED) is 0.588. The molecule has 3 rings (SSSR count). The van der Waals surface area contributed by atoms with E-state index < -0.39 is 15.8 Å². The van der Waals surface area contributed by atoms with Gasteiger partial charge in [-0.2, -0.15) is 9.78 Å². The van der Waals surface area contributed by atoms with Crippen LogP contribution in [0.2, 0.25) is 0 Å². The second-order valence-corrected chi connectivity index (χ2v) is 7.12. The third-order valence-electron chi connectivity index (χ3n) is 3.79. The second kappa shape index (κ2) is 7.88. The lowest BCUT2D eigenvalue weighted by Crippen LogP contribution is -2.01. The van der Waals surface area contributed by atoms with Gasteiger partial charge in [-0.05, 0) is 29.8 Å². The minimum absolute atomic E-state index is 0.333. The maximum atomic E-state index is 11.9. The molecule has 0 radical (unpaired) electrons. The molecule has 2 aromatic carbocycles. The second-order valence-electron chi connectivity index (χ2n) is 5.40. The molecule has 0 saturated heterocycles. The van der Waals surface area contributed by atoms with E-state index in [0.717, 1.165) is 11.1 Å². The first-order valence-corrected chi connectivity index (χ1v) is 9.13. The molecule has 1 atom stereocenters. The molecule has 0 saturated carbocycles. The summed E-state index contributed by atoms with van der Waals surface area (Å²) in [5.74, 6) is 1.15. The summed E-state index contributed by atoms with van der Waals surface area (Å²) in [5.41, 5.74) is 1.79. The number of hydrogen-bond acceptors (Lipinski definition) is 5. The molecule has 7 heteroatoms. The molecule has 134 valence electrons. The summed E-state index contributed by atoms with van der Waals surface area (Å²) in [4.78, 5) is 16.4. The first-order chi connectivity index (χ1) is 12.6. The van der Waals surface area contributed by atoms with Gasteiger partial charge in [0.15, 0.2) is 10.5 Å². The molecule has 0 aliphatic carbocycles. The van der Waals surface area contributed by atoms with Gasteiger partial charge in [-0.3, -0.25) is 0 Å². The number of benzene rings is 2. The number of methoxy groups -OCH3 is 2. The number of carbonyl (C=O) groups is 1. The lowest BCUT2D eigenvalue weighted by atomic mass is 10.2. The van der Waals surface area contributed by atoms with E-state index in [4.69, 9.17) is 9.47 Å². The van der Waals surface area contributed by atoms with Gasteiger partial charge in [0.05, 0.1) is 19.8 Å². The highest BCUT2D eigenvalue weighted by molar-refractivity contribution is 7.54. The first kappa shape index (κ1) is 17.8. The number of thiazole rings is 1. The van der Waals surface area contributed by atoms with Crippen LogP contribution in [0.15, 0.2) is 54.6 Å². The van der Waals surface area contributed by atoms with Crippen LogP contribution in [0.1, 0.15) is 5.56 Å². The third kappa shape index (κ3) is 3.62. The van der Waals surface area contributed by atoms with E-state index in [9.17, 15) is 9.90 Å². The smallest absolute Gasteiger partial charge is 0.497 e. The molecule has 1 aromatic heterocycles. The fourth-order valence-electron chi connectivity index (χ4n) is 2.53. The Hall–Kier alpha value is -3.06. The predicted molar refractivity (Wildman–Crippen MR) is 102 cm³/mol. The van der Waals surface area contributed by atoms with Crippen molar-refractivity contribution in [3.63, 3.8) is 0 Å². The maximum Gasteiger partial charge on any atom is 0.557 e. The molecular weight excluding hydrogens is 352 g/mol. The van der Waals surface area contributed by atoms with Crippen molar-refractivity contribution in [3.8, 4) is 21.4 Å². The number of carboxylic acid groups (broad SMARTS) is 1. The zero-order valence-corrected chi connectivity index (χ0v) is 15.2. The minimum atomic E-state index is -1.28. The van der Waals surface area contributed by atoms with Crippen LogP contribution in [0.5, 0.6) is 10.8 Å². The standard InChI is InChI=1S/C19H18N2O4S/c1-24-15-10-8-14(9-11-15)17-21-16(18(25-2)26(17)19(22)23)20-12-13-6-4-3-5-7-13/h3-11,20H,12H2,1-2H3/p+1. The third-order valence-corrected chi connectivity index (χ3v) is 5.58. The van der Waals surface area contributed by atoms with E-state index in [1.54, 1.807) is 31.4 Å². The van der Waals surface area contributed by atoms with Gasteiger partial charge in [-0.25, -0.2) is 0 Å². The molecule has 0 bridgehead atoms. The molecule has 0 aliphatic heterocycles. The van der Waals surface area contributed by atoms with Crippen LogP contribution >= 0.6 is 10.5 Å². The number of nitrogens with zero attached hydrogens (tertiary/aromatic N) is 1. The van der Waals surface area contributed by atoms with E-state index in [2.05, 4.69) is 10.3 Å². The van der Waals surface area contributed by atoms with E-state index in [1.807, 2.05) is 30.3 Å². The maximum absolute atomic E-state index is 11.9. The van der Waals surface area contributed by atoms with Crippen molar-refractivity contribution in [2.75, 3.05) is 19.5 Å². The Balaban J connectivity index is 1.98. The predicted octanol–water partition coefficient (Wildman–Crippen LogP) is 4.65. The molecule has 0 amide bonds. The Morgan fingerprint density at radius 3 is 2.35 bits per heavy atom. The average molecular weight is 371 g/mol. The minimum Gasteiger partial charge on any atom is -0.497 e. The van der Waals surface area contributed by atoms with Crippen LogP contribution in [0.4, 0.5) is 10.6 Å². The Kier molecular flexibility index (Phi) is 5.38. The lowest BCUT2D eigenvalue weighted by Gasteiger charge is -2.02. The van der Waals surface area contributed by atoms with E-state index in [0.29, 0.717) is 28.2 Å². The first-order valence-electron chi connectivity index (χ1n) is 7.90. The van der Waals surface area contributed by atoms with Crippen molar-refractivity contribution in [2.24, 2.45) is 0 Å². The molecule has 6 nitrogen and oxygen atoms in total. The molecule has 3 aromatic rings. The van der Waals surface area contributed by atoms with Crippen LogP contribution in [-0.4, -0.2) is 29.6 Å². The van der Waals surface area contributed by atoms with Gasteiger partial charge < -0.3 is 19.9 Å². The zero-order chi connectivity index (χ0) is 18.5. The Morgan fingerprint density at radius 2 is 1.77 bits per heavy atom. The van der Waals surface area contributed by atoms with Crippen LogP contribution in [-0.2, 0) is 6.54 Å². The fourth-order valence-corrected chi connectivity index (χ4v) is 4.06. The molecular formula is C19H19N2O4S+. The van der Waals surface area contributed by atoms with E-state index >= 15 is 0 Å². The highest BCUT2D eigenvalue weighted by Crippen LogP contribution is 2.47. The molecule has 26 heavy (non-hydrogen) atoms. The van der Waals surface area contributed by atoms with Gasteiger partial charge in [-0.15, -0.1) is 0 Å². The van der Waals surface area contributed by atoms with Crippen molar-refractivity contribution >= 4 is 21.6 Å². The van der Waals surface area contributed by atoms with Crippen molar-refractivity contribution in [1.82, 2.24) is 4.98 Å². The average Bonchev–Trinajstić information content (AvgIpc) is 3.06. The molecule has 1 unspecified atom stereocenters. The fraction of sp³-hybridized carbons (Fsp3) is 0.158. The van der Waals surface area contributed by atoms with Crippen LogP contribution < -0.4 is 14.8 Å². The lowest BCUT2D eigenvalue weighted by molar-refractivity contribution is 0.221. The van der Waals surface area contributed by atoms with Crippen LogP contribution in [0.25, 0.3) is 10.6 Å². The van der Waals surface area contributed by atoms with Gasteiger partial charge >= 0.3 is 10.4 Å². The van der Waals surface area contributed by atoms with Crippen LogP contribution in [0.3, 0.4) is 0 Å². The number of anilines is 1. The number of ether oxygens (including phenoxy) is 2. The highest BCUT2D eigenvalue weighted by atomic mass is 32.2. The summed E-state index contributed by atoms with van der Waals surface area (Å²) in [5, 5.41) is 12.7. The van der Waals surface area contributed by atoms with Gasteiger partial charge in [0.2, 0.25) is 5.82 Å². The summed E-state index contributed by atoms with van der Waals surface area (Å²) in [6, 6.07) is 17.0. The summed E-state index contributed by atoms with van der Waals surface area (Å²) in [6.07, 6.45) is 0. The SMILES string of the molecule is COc1ccc(-c2nc(NCc3ccccc3)c(OC)[s+]2C(=O)O)cc1. The Labute approximate surface area is 154 Å².